The number of aliphatic carboxylic acids is 1. The van der Waals surface area contributed by atoms with E-state index < -0.39 is 23.7 Å². The number of nitrogens with two attached hydrogens (primary N) is 1. The Kier molecular flexibility index (Phi) is 5.97. The van der Waals surface area contributed by atoms with E-state index in [2.05, 4.69) is 17.0 Å². The van der Waals surface area contributed by atoms with Gasteiger partial charge in [0.2, 0.25) is 0 Å². The maximum atomic E-state index is 13.9. The van der Waals surface area contributed by atoms with E-state index in [1.807, 2.05) is 0 Å². The van der Waals surface area contributed by atoms with Crippen LogP contribution in [0.1, 0.15) is 35.2 Å². The molecule has 1 aromatic rings. The first-order valence-corrected chi connectivity index (χ1v) is 8.35. The highest BCUT2D eigenvalue weighted by Crippen LogP contribution is 2.32. The minimum Gasteiger partial charge on any atom is -0.480 e. The summed E-state index contributed by atoms with van der Waals surface area (Å²) in [5, 5.41) is 11.1. The Morgan fingerprint density at radius 2 is 2.26 bits per heavy atom. The molecule has 2 rings (SSSR count). The van der Waals surface area contributed by atoms with Crippen LogP contribution in [0.3, 0.4) is 0 Å². The Bertz CT molecular complexity index is 599. The maximum Gasteiger partial charge on any atom is 0.322 e. The molecule has 1 aromatic carbocycles. The molecule has 1 amide bonds. The van der Waals surface area contributed by atoms with Gasteiger partial charge in [-0.2, -0.15) is 0 Å². The Labute approximate surface area is 138 Å². The molecule has 1 heterocycles. The zero-order valence-corrected chi connectivity index (χ0v) is 13.5. The van der Waals surface area contributed by atoms with Gasteiger partial charge in [0.1, 0.15) is 11.9 Å². The molecule has 0 bridgehead atoms. The van der Waals surface area contributed by atoms with Crippen LogP contribution in [0, 0.1) is 5.82 Å². The zero-order chi connectivity index (χ0) is 17.0. The molecule has 1 aliphatic rings. The monoisotopic (exact) mass is 341 g/mol. The quantitative estimate of drug-likeness (QED) is 0.577. The number of carbonyl (C=O) groups is 2. The van der Waals surface area contributed by atoms with Gasteiger partial charge in [0.05, 0.1) is 0 Å². The van der Waals surface area contributed by atoms with Crippen LogP contribution in [0.2, 0.25) is 0 Å². The van der Waals surface area contributed by atoms with Crippen molar-refractivity contribution >= 4 is 23.8 Å². The Morgan fingerprint density at radius 3 is 2.91 bits per heavy atom. The number of benzene rings is 1. The molecule has 23 heavy (non-hydrogen) atoms. The Balaban J connectivity index is 2.13. The highest BCUT2D eigenvalue weighted by molar-refractivity contribution is 7.97. The van der Waals surface area contributed by atoms with Crippen LogP contribution < -0.4 is 15.8 Å². The van der Waals surface area contributed by atoms with E-state index in [1.165, 1.54) is 6.07 Å². The predicted octanol–water partition coefficient (Wildman–Crippen LogP) is 1.08. The van der Waals surface area contributed by atoms with Gasteiger partial charge in [-0.3, -0.25) is 14.3 Å². The summed E-state index contributed by atoms with van der Waals surface area (Å²) in [6, 6.07) is 3.29. The zero-order valence-electron chi connectivity index (χ0n) is 12.7. The van der Waals surface area contributed by atoms with E-state index >= 15 is 0 Å². The summed E-state index contributed by atoms with van der Waals surface area (Å²) in [7, 11) is 0. The second-order valence-corrected chi connectivity index (χ2v) is 6.34. The molecule has 0 aromatic heterocycles. The standard InChI is InChI=1S/C15H20FN3O3S/c1-2-13-11(7-23-19-13)8-3-9(5-10(16)4-8)14(20)18-6-12(17)15(21)22/h3-5,11-13,19H,2,6-7,17H2,1H3,(H,18,20)(H,21,22)/t11?,12-,13?/m1/s1. The van der Waals surface area contributed by atoms with E-state index in [0.29, 0.717) is 0 Å². The molecule has 1 fully saturated rings. The molecule has 0 spiro atoms. The smallest absolute Gasteiger partial charge is 0.322 e. The van der Waals surface area contributed by atoms with Crippen molar-refractivity contribution in [2.24, 2.45) is 5.73 Å². The normalized spacial score (nSPS) is 21.9. The minimum absolute atomic E-state index is 0.133. The third-order valence-electron chi connectivity index (χ3n) is 3.83. The molecule has 0 saturated carbocycles. The predicted molar refractivity (Wildman–Crippen MR) is 86.8 cm³/mol. The molecule has 0 aliphatic carbocycles. The van der Waals surface area contributed by atoms with Crippen molar-refractivity contribution in [1.29, 1.82) is 0 Å². The topological polar surface area (TPSA) is 104 Å². The van der Waals surface area contributed by atoms with Crippen molar-refractivity contribution in [2.45, 2.75) is 31.3 Å². The number of carboxylic acid groups (broad SMARTS) is 1. The summed E-state index contributed by atoms with van der Waals surface area (Å²) < 4.78 is 17.2. The fourth-order valence-electron chi connectivity index (χ4n) is 2.49. The number of carbonyl (C=O) groups excluding carboxylic acids is 1. The van der Waals surface area contributed by atoms with Gasteiger partial charge in [-0.15, -0.1) is 0 Å². The molecule has 126 valence electrons. The second kappa shape index (κ2) is 7.76. The first-order chi connectivity index (χ1) is 10.9. The lowest BCUT2D eigenvalue weighted by Gasteiger charge is -2.18. The molecule has 6 nitrogen and oxygen atoms in total. The van der Waals surface area contributed by atoms with Crippen molar-refractivity contribution in [2.75, 3.05) is 12.3 Å². The van der Waals surface area contributed by atoms with Gasteiger partial charge in [0, 0.05) is 29.8 Å². The van der Waals surface area contributed by atoms with Gasteiger partial charge < -0.3 is 16.2 Å². The van der Waals surface area contributed by atoms with Crippen LogP contribution in [0.4, 0.5) is 4.39 Å². The number of nitrogens with one attached hydrogen (secondary N) is 2. The van der Waals surface area contributed by atoms with E-state index in [-0.39, 0.29) is 24.1 Å². The molecule has 8 heteroatoms. The van der Waals surface area contributed by atoms with Crippen molar-refractivity contribution in [1.82, 2.24) is 10.0 Å². The average Bonchev–Trinajstić information content (AvgIpc) is 3.00. The van der Waals surface area contributed by atoms with Crippen LogP contribution in [0.25, 0.3) is 0 Å². The van der Waals surface area contributed by atoms with E-state index in [9.17, 15) is 14.0 Å². The van der Waals surface area contributed by atoms with Gasteiger partial charge in [-0.25, -0.2) is 4.39 Å². The van der Waals surface area contributed by atoms with E-state index in [0.717, 1.165) is 23.8 Å². The third-order valence-corrected chi connectivity index (χ3v) is 4.83. The maximum absolute atomic E-state index is 13.9. The van der Waals surface area contributed by atoms with Crippen molar-refractivity contribution in [3.8, 4) is 0 Å². The first-order valence-electron chi connectivity index (χ1n) is 7.36. The van der Waals surface area contributed by atoms with Gasteiger partial charge in [-0.05, 0) is 30.2 Å². The number of carboxylic acids is 1. The number of hydrogen-bond donors (Lipinski definition) is 4. The van der Waals surface area contributed by atoms with Gasteiger partial charge in [0.25, 0.3) is 5.91 Å². The SMILES string of the molecule is CCC1NSCC1c1cc(F)cc(C(=O)NC[C@@H](N)C(=O)O)c1. The lowest BCUT2D eigenvalue weighted by molar-refractivity contribution is -0.138. The second-order valence-electron chi connectivity index (χ2n) is 5.48. The molecule has 3 atom stereocenters. The van der Waals surface area contributed by atoms with E-state index in [1.54, 1.807) is 18.0 Å². The number of amides is 1. The van der Waals surface area contributed by atoms with Crippen molar-refractivity contribution < 1.29 is 19.1 Å². The molecular formula is C15H20FN3O3S. The molecular weight excluding hydrogens is 321 g/mol. The molecule has 5 N–H and O–H groups in total. The van der Waals surface area contributed by atoms with Crippen LogP contribution >= 0.6 is 11.9 Å². The summed E-state index contributed by atoms with van der Waals surface area (Å²) in [6.07, 6.45) is 0.906. The summed E-state index contributed by atoms with van der Waals surface area (Å²) in [5.74, 6) is -1.28. The Morgan fingerprint density at radius 1 is 1.52 bits per heavy atom. The lowest BCUT2D eigenvalue weighted by Crippen LogP contribution is -2.42. The molecule has 1 aliphatic heterocycles. The molecule has 0 radical (unpaired) electrons. The van der Waals surface area contributed by atoms with Gasteiger partial charge in [0.15, 0.2) is 0 Å². The van der Waals surface area contributed by atoms with Gasteiger partial charge >= 0.3 is 5.97 Å². The van der Waals surface area contributed by atoms with Crippen LogP contribution in [0.15, 0.2) is 18.2 Å². The summed E-state index contributed by atoms with van der Waals surface area (Å²) in [6.45, 7) is 1.84. The number of halogens is 1. The fraction of sp³-hybridized carbons (Fsp3) is 0.467. The summed E-state index contributed by atoms with van der Waals surface area (Å²) in [4.78, 5) is 22.7. The molecule has 2 unspecified atom stereocenters. The lowest BCUT2D eigenvalue weighted by atomic mass is 9.91. The summed E-state index contributed by atoms with van der Waals surface area (Å²) >= 11 is 1.59. The average molecular weight is 341 g/mol. The van der Waals surface area contributed by atoms with Crippen molar-refractivity contribution in [3.05, 3.63) is 35.1 Å². The van der Waals surface area contributed by atoms with Crippen LogP contribution in [0.5, 0.6) is 0 Å². The van der Waals surface area contributed by atoms with E-state index in [4.69, 9.17) is 10.8 Å². The fourth-order valence-corrected chi connectivity index (χ4v) is 3.73. The molecule has 1 saturated heterocycles. The third kappa shape index (κ3) is 4.43. The Hall–Kier alpha value is -1.64. The number of rotatable bonds is 6. The van der Waals surface area contributed by atoms with Crippen LogP contribution in [-0.4, -0.2) is 41.4 Å². The summed E-state index contributed by atoms with van der Waals surface area (Å²) in [5.41, 5.74) is 6.28. The van der Waals surface area contributed by atoms with Gasteiger partial charge in [-0.1, -0.05) is 18.9 Å². The highest BCUT2D eigenvalue weighted by atomic mass is 32.2. The first kappa shape index (κ1) is 17.7. The highest BCUT2D eigenvalue weighted by Gasteiger charge is 2.28. The van der Waals surface area contributed by atoms with Crippen molar-refractivity contribution in [3.63, 3.8) is 0 Å². The van der Waals surface area contributed by atoms with Crippen LogP contribution in [-0.2, 0) is 4.79 Å². The minimum atomic E-state index is -1.20. The largest absolute Gasteiger partial charge is 0.480 e. The number of hydrogen-bond acceptors (Lipinski definition) is 5.